The maximum Gasteiger partial charge on any atom is 0.335 e. The molecule has 9 aliphatic rings. The zero-order valence-electron chi connectivity index (χ0n) is 50.0. The fraction of sp³-hybridized carbons (Fsp3) is 0.898. The van der Waals surface area contributed by atoms with Crippen LogP contribution in [-0.2, 0) is 52.2 Å². The summed E-state index contributed by atoms with van der Waals surface area (Å²) in [7, 11) is 0. The van der Waals surface area contributed by atoms with Crippen molar-refractivity contribution in [3.05, 3.63) is 23.3 Å². The van der Waals surface area contributed by atoms with E-state index in [1.165, 1.54) is 6.92 Å². The van der Waals surface area contributed by atoms with Crippen LogP contribution < -0.4 is 0 Å². The Labute approximate surface area is 494 Å². The van der Waals surface area contributed by atoms with E-state index >= 15 is 0 Å². The van der Waals surface area contributed by atoms with Gasteiger partial charge in [-0.25, -0.2) is 9.59 Å². The van der Waals surface area contributed by atoms with Crippen molar-refractivity contribution in [3.8, 4) is 0 Å². The van der Waals surface area contributed by atoms with Crippen molar-refractivity contribution in [2.24, 2.45) is 50.2 Å². The van der Waals surface area contributed by atoms with Crippen LogP contribution in [0, 0.1) is 50.2 Å². The number of aliphatic hydroxyl groups excluding tert-OH is 14. The van der Waals surface area contributed by atoms with E-state index in [1.54, 1.807) is 19.9 Å². The molecule has 0 radical (unpaired) electrons. The second-order valence-corrected chi connectivity index (χ2v) is 27.9. The summed E-state index contributed by atoms with van der Waals surface area (Å²) < 4.78 is 54.7. The highest BCUT2D eigenvalue weighted by Crippen LogP contribution is 2.76. The molecule has 0 aromatic carbocycles. The first-order chi connectivity index (χ1) is 39.7. The lowest BCUT2D eigenvalue weighted by molar-refractivity contribution is -0.401. The molecule has 4 saturated heterocycles. The Hall–Kier alpha value is -2.46. The van der Waals surface area contributed by atoms with E-state index in [1.807, 2.05) is 20.8 Å². The summed E-state index contributed by atoms with van der Waals surface area (Å²) in [6.45, 7) is 16.9. The molecule has 0 spiro atoms. The molecule has 15 N–H and O–H groups in total. The number of allylic oxidation sites excluding steroid dienone is 2. The van der Waals surface area contributed by atoms with E-state index in [0.29, 0.717) is 44.1 Å². The first kappa shape index (κ1) is 66.9. The number of carboxylic acids is 1. The standard InChI is InChI=1S/C59H94O26/c1-11-23(2)49(76)80-32-19-54(4,5)18-26-25-12-13-30-56(8)16-15-31(55(6,7)29(56)14-17-57(30,9)58(25,10)46(72)47(73)59(26,32)22-62)81-53-45(85-51-39(69)36(66)34(64)27(20-60)78-51)43(41(71)44(84-53)48(74)75)83-52-40(70)37(67)42(28(21-61)79-52)82-50-38(68)35(65)33(63)24(3)77-50/h11-12,24,26-47,50-53,60-73H,13-22H2,1-10H3,(H,74,75)/b23-11-/t24-,26+,27+,28+,29-,30+,31-,32-,33-,34+,35+,36-,37+,38+,39+,40+,41-,42-,43-,44-,45+,46-,47+,50-,51-,52-,53+,56-,57+,58-,59+/m0/s1. The summed E-state index contributed by atoms with van der Waals surface area (Å²) in [5.74, 6) is -3.04. The summed E-state index contributed by atoms with van der Waals surface area (Å²) in [6, 6.07) is 0. The minimum absolute atomic E-state index is 0.121. The molecule has 85 heavy (non-hydrogen) atoms. The van der Waals surface area contributed by atoms with Gasteiger partial charge in [-0.15, -0.1) is 0 Å². The number of rotatable bonds is 14. The third-order valence-corrected chi connectivity index (χ3v) is 22.6. The largest absolute Gasteiger partial charge is 0.479 e. The van der Waals surface area contributed by atoms with Gasteiger partial charge in [0.15, 0.2) is 31.3 Å². The van der Waals surface area contributed by atoms with Gasteiger partial charge in [-0.3, -0.25) is 0 Å². The molecule has 4 saturated carbocycles. The summed E-state index contributed by atoms with van der Waals surface area (Å²) in [5, 5.41) is 168. The molecule has 8 fully saturated rings. The fourth-order valence-electron chi connectivity index (χ4n) is 17.4. The summed E-state index contributed by atoms with van der Waals surface area (Å²) in [6.07, 6.45) is -34.9. The number of hydrogen-bond donors (Lipinski definition) is 15. The van der Waals surface area contributed by atoms with E-state index in [2.05, 4.69) is 33.8 Å². The van der Waals surface area contributed by atoms with Crippen LogP contribution >= 0.6 is 0 Å². The second-order valence-electron chi connectivity index (χ2n) is 27.9. The van der Waals surface area contributed by atoms with Crippen LogP contribution in [0.15, 0.2) is 23.3 Å². The average molecular weight is 1220 g/mol. The quantitative estimate of drug-likeness (QED) is 0.0387. The second kappa shape index (κ2) is 24.3. The molecule has 4 heterocycles. The van der Waals surface area contributed by atoms with Crippen molar-refractivity contribution in [2.45, 2.75) is 261 Å². The van der Waals surface area contributed by atoms with Gasteiger partial charge in [0.25, 0.3) is 0 Å². The molecule has 0 amide bonds. The Kier molecular flexibility index (Phi) is 19.1. The van der Waals surface area contributed by atoms with E-state index in [-0.39, 0.29) is 18.3 Å². The molecule has 26 nitrogen and oxygen atoms in total. The summed E-state index contributed by atoms with van der Waals surface area (Å²) in [5.41, 5.74) is -3.53. The number of fused-ring (bicyclic) bond motifs is 7. The van der Waals surface area contributed by atoms with Gasteiger partial charge in [0.2, 0.25) is 0 Å². The Balaban J connectivity index is 1.02. The molecule has 26 heteroatoms. The number of hydrogen-bond acceptors (Lipinski definition) is 25. The number of aliphatic hydroxyl groups is 14. The number of ether oxygens (including phenoxy) is 9. The molecule has 0 aromatic rings. The molecule has 0 unspecified atom stereocenters. The molecule has 31 atom stereocenters. The molecule has 0 bridgehead atoms. The Bertz CT molecular complexity index is 2460. The maximum atomic E-state index is 13.5. The highest BCUT2D eigenvalue weighted by atomic mass is 16.8. The lowest BCUT2D eigenvalue weighted by Gasteiger charge is -2.73. The van der Waals surface area contributed by atoms with Gasteiger partial charge in [0.1, 0.15) is 91.6 Å². The van der Waals surface area contributed by atoms with Crippen LogP contribution in [-0.4, -0.2) is 256 Å². The topological polar surface area (TPSA) is 421 Å². The lowest BCUT2D eigenvalue weighted by Crippen LogP contribution is -2.74. The van der Waals surface area contributed by atoms with Crippen LogP contribution in [0.2, 0.25) is 0 Å². The zero-order valence-corrected chi connectivity index (χ0v) is 50.0. The zero-order chi connectivity index (χ0) is 62.7. The lowest BCUT2D eigenvalue weighted by atomic mass is 9.32. The minimum atomic E-state index is -2.26. The van der Waals surface area contributed by atoms with Crippen LogP contribution in [0.25, 0.3) is 0 Å². The molecule has 0 aromatic heterocycles. The SMILES string of the molecule is C/C=C(/C)C(=O)O[C@H]1CC(C)(C)C[C@@H]2C3=CC[C@@H]4[C@@]5(C)CC[C@H](O[C@@H]6O[C@H](C(=O)O)[C@@H](O)[C@H](O[C@@H]7O[C@H](CO)[C@H](O[C@@H]8O[C@@H](C)[C@H](O)[C@@H](O)[C@H]8O)[C@H](O)[C@H]7O)[C@H]6O[C@@H]6O[C@H](CO)[C@@H](O)[C@H](O)[C@H]6O)C(C)(C)[C@@H]5CC[C@@]4(C)[C@]3(C)[C@@H](O)[C@@H](O)[C@@]12CO. The van der Waals surface area contributed by atoms with E-state index in [4.69, 9.17) is 42.6 Å². The number of esters is 1. The van der Waals surface area contributed by atoms with Crippen molar-refractivity contribution in [3.63, 3.8) is 0 Å². The van der Waals surface area contributed by atoms with Gasteiger partial charge in [-0.1, -0.05) is 66.2 Å². The van der Waals surface area contributed by atoms with Crippen LogP contribution in [0.3, 0.4) is 0 Å². The molecule has 4 aliphatic heterocycles. The Morgan fingerprint density at radius 2 is 1.19 bits per heavy atom. The Morgan fingerprint density at radius 1 is 0.612 bits per heavy atom. The smallest absolute Gasteiger partial charge is 0.335 e. The molecule has 5 aliphatic carbocycles. The average Bonchev–Trinajstić information content (AvgIpc) is 0.673. The number of aliphatic carboxylic acids is 1. The van der Waals surface area contributed by atoms with Gasteiger partial charge in [0.05, 0.1) is 49.7 Å². The Morgan fingerprint density at radius 3 is 1.79 bits per heavy atom. The first-order valence-corrected chi connectivity index (χ1v) is 30.0. The third kappa shape index (κ3) is 10.8. The summed E-state index contributed by atoms with van der Waals surface area (Å²) >= 11 is 0. The number of carboxylic acid groups (broad SMARTS) is 1. The van der Waals surface area contributed by atoms with Gasteiger partial charge in [-0.05, 0) is 105 Å². The van der Waals surface area contributed by atoms with Gasteiger partial charge in [0, 0.05) is 11.0 Å². The van der Waals surface area contributed by atoms with E-state index in [9.17, 15) is 86.2 Å². The van der Waals surface area contributed by atoms with Crippen LogP contribution in [0.1, 0.15) is 114 Å². The number of carbonyl (C=O) groups is 2. The maximum absolute atomic E-state index is 13.5. The van der Waals surface area contributed by atoms with Crippen molar-refractivity contribution in [2.75, 3.05) is 19.8 Å². The molecule has 9 rings (SSSR count). The van der Waals surface area contributed by atoms with Crippen LogP contribution in [0.5, 0.6) is 0 Å². The van der Waals surface area contributed by atoms with Gasteiger partial charge in [-0.2, -0.15) is 0 Å². The fourth-order valence-corrected chi connectivity index (χ4v) is 17.4. The predicted molar refractivity (Wildman–Crippen MR) is 289 cm³/mol. The van der Waals surface area contributed by atoms with E-state index in [0.717, 1.165) is 5.57 Å². The highest BCUT2D eigenvalue weighted by Gasteiger charge is 2.75. The van der Waals surface area contributed by atoms with Crippen molar-refractivity contribution >= 4 is 11.9 Å². The molecular weight excluding hydrogens is 1120 g/mol. The molecular formula is C59H94O26. The van der Waals surface area contributed by atoms with Crippen LogP contribution in [0.4, 0.5) is 0 Å². The third-order valence-electron chi connectivity index (χ3n) is 22.6. The summed E-state index contributed by atoms with van der Waals surface area (Å²) in [4.78, 5) is 26.6. The van der Waals surface area contributed by atoms with E-state index < -0.39 is 217 Å². The van der Waals surface area contributed by atoms with Crippen molar-refractivity contribution in [1.82, 2.24) is 0 Å². The van der Waals surface area contributed by atoms with Crippen molar-refractivity contribution < 1.29 is 129 Å². The predicted octanol–water partition coefficient (Wildman–Crippen LogP) is -2.01. The highest BCUT2D eigenvalue weighted by molar-refractivity contribution is 5.87. The monoisotopic (exact) mass is 1220 g/mol. The first-order valence-electron chi connectivity index (χ1n) is 30.0. The normalized spacial score (nSPS) is 52.4. The van der Waals surface area contributed by atoms with Gasteiger partial charge < -0.3 is 119 Å². The van der Waals surface area contributed by atoms with Gasteiger partial charge >= 0.3 is 11.9 Å². The molecule has 486 valence electrons. The minimum Gasteiger partial charge on any atom is -0.479 e. The number of carbonyl (C=O) groups excluding carboxylic acids is 1. The van der Waals surface area contributed by atoms with Crippen molar-refractivity contribution in [1.29, 1.82) is 0 Å².